The van der Waals surface area contributed by atoms with E-state index in [2.05, 4.69) is 49.3 Å². The normalized spacial score (nSPS) is 11.7. The first-order valence-corrected chi connectivity index (χ1v) is 7.51. The summed E-state index contributed by atoms with van der Waals surface area (Å²) in [4.78, 5) is 0. The minimum absolute atomic E-state index is 0.0765. The lowest BCUT2D eigenvalue weighted by atomic mass is 9.85. The van der Waals surface area contributed by atoms with Crippen LogP contribution in [0.2, 0.25) is 0 Å². The van der Waals surface area contributed by atoms with E-state index in [9.17, 15) is 0 Å². The van der Waals surface area contributed by atoms with Crippen molar-refractivity contribution in [2.75, 3.05) is 6.61 Å². The van der Waals surface area contributed by atoms with Crippen LogP contribution in [0.25, 0.3) is 0 Å². The molecule has 0 fully saturated rings. The van der Waals surface area contributed by atoms with Gasteiger partial charge in [-0.15, -0.1) is 5.10 Å². The van der Waals surface area contributed by atoms with Gasteiger partial charge in [0, 0.05) is 13.2 Å². The van der Waals surface area contributed by atoms with Gasteiger partial charge in [0.05, 0.1) is 12.3 Å². The Balaban J connectivity index is 2.17. The van der Waals surface area contributed by atoms with Crippen molar-refractivity contribution in [2.45, 2.75) is 46.0 Å². The fraction of sp³-hybridized carbons (Fsp3) is 0.529. The molecule has 0 atom stereocenters. The highest BCUT2D eigenvalue weighted by Gasteiger charge is 2.19. The van der Waals surface area contributed by atoms with Crippen molar-refractivity contribution in [2.24, 2.45) is 7.05 Å². The van der Waals surface area contributed by atoms with Gasteiger partial charge in [0.2, 0.25) is 0 Å². The van der Waals surface area contributed by atoms with Crippen molar-refractivity contribution in [1.29, 1.82) is 0 Å². The minimum Gasteiger partial charge on any atom is -0.494 e. The molecular formula is C17H25N3O. The number of benzene rings is 1. The predicted octanol–water partition coefficient (Wildman–Crippen LogP) is 3.30. The van der Waals surface area contributed by atoms with Gasteiger partial charge in [0.1, 0.15) is 5.75 Å². The van der Waals surface area contributed by atoms with Crippen molar-refractivity contribution in [3.05, 3.63) is 41.2 Å². The quantitative estimate of drug-likeness (QED) is 0.847. The minimum atomic E-state index is 0.0765. The maximum Gasteiger partial charge on any atom is 0.123 e. The maximum absolute atomic E-state index is 5.76. The van der Waals surface area contributed by atoms with Crippen LogP contribution in [0.4, 0.5) is 0 Å². The lowest BCUT2D eigenvalue weighted by Crippen LogP contribution is -2.14. The van der Waals surface area contributed by atoms with Crippen LogP contribution < -0.4 is 4.74 Å². The standard InChI is InChI=1S/C17H25N3O/c1-6-21-16-10-8-13(11-15(16)17(2,3)4)7-9-14-12-20(5)19-18-14/h8,10-12H,6-7,9H2,1-5H3. The molecule has 0 bridgehead atoms. The van der Waals surface area contributed by atoms with Gasteiger partial charge in [-0.2, -0.15) is 0 Å². The zero-order valence-electron chi connectivity index (χ0n) is 13.7. The topological polar surface area (TPSA) is 39.9 Å². The summed E-state index contributed by atoms with van der Waals surface area (Å²) in [5.41, 5.74) is 3.69. The Kier molecular flexibility index (Phi) is 4.66. The first-order chi connectivity index (χ1) is 9.90. The number of hydrogen-bond donors (Lipinski definition) is 0. The van der Waals surface area contributed by atoms with E-state index in [-0.39, 0.29) is 5.41 Å². The average molecular weight is 287 g/mol. The van der Waals surface area contributed by atoms with Crippen LogP contribution in [0.1, 0.15) is 44.5 Å². The van der Waals surface area contributed by atoms with Gasteiger partial charge < -0.3 is 4.74 Å². The molecule has 1 heterocycles. The molecule has 2 rings (SSSR count). The van der Waals surface area contributed by atoms with Crippen LogP contribution in [-0.4, -0.2) is 21.6 Å². The molecule has 1 aromatic carbocycles. The van der Waals surface area contributed by atoms with E-state index < -0.39 is 0 Å². The lowest BCUT2D eigenvalue weighted by molar-refractivity contribution is 0.329. The molecule has 21 heavy (non-hydrogen) atoms. The molecule has 1 aromatic heterocycles. The second kappa shape index (κ2) is 6.29. The summed E-state index contributed by atoms with van der Waals surface area (Å²) in [6.45, 7) is 9.38. The van der Waals surface area contributed by atoms with Gasteiger partial charge in [-0.05, 0) is 42.4 Å². The van der Waals surface area contributed by atoms with Crippen molar-refractivity contribution < 1.29 is 4.74 Å². The summed E-state index contributed by atoms with van der Waals surface area (Å²) in [5, 5.41) is 8.11. The molecule has 4 heteroatoms. The van der Waals surface area contributed by atoms with Crippen LogP contribution >= 0.6 is 0 Å². The summed E-state index contributed by atoms with van der Waals surface area (Å²) in [6, 6.07) is 6.51. The molecule has 0 spiro atoms. The van der Waals surface area contributed by atoms with E-state index >= 15 is 0 Å². The van der Waals surface area contributed by atoms with E-state index in [0.717, 1.165) is 24.3 Å². The van der Waals surface area contributed by atoms with Gasteiger partial charge in [-0.3, -0.25) is 4.68 Å². The van der Waals surface area contributed by atoms with Gasteiger partial charge in [0.25, 0.3) is 0 Å². The number of aryl methyl sites for hydroxylation is 3. The van der Waals surface area contributed by atoms with Crippen molar-refractivity contribution in [3.8, 4) is 5.75 Å². The van der Waals surface area contributed by atoms with Gasteiger partial charge >= 0.3 is 0 Å². The Bertz CT molecular complexity index is 596. The van der Waals surface area contributed by atoms with Gasteiger partial charge in [0.15, 0.2) is 0 Å². The monoisotopic (exact) mass is 287 g/mol. The molecular weight excluding hydrogens is 262 g/mol. The van der Waals surface area contributed by atoms with E-state index in [1.165, 1.54) is 11.1 Å². The number of ether oxygens (including phenoxy) is 1. The third-order valence-corrected chi connectivity index (χ3v) is 3.47. The van der Waals surface area contributed by atoms with Crippen molar-refractivity contribution >= 4 is 0 Å². The fourth-order valence-corrected chi connectivity index (χ4v) is 2.38. The van der Waals surface area contributed by atoms with E-state index in [1.54, 1.807) is 4.68 Å². The van der Waals surface area contributed by atoms with Gasteiger partial charge in [-0.1, -0.05) is 38.1 Å². The SMILES string of the molecule is CCOc1ccc(CCc2cn(C)nn2)cc1C(C)(C)C. The number of hydrogen-bond acceptors (Lipinski definition) is 3. The second-order valence-electron chi connectivity index (χ2n) is 6.40. The summed E-state index contributed by atoms with van der Waals surface area (Å²) in [7, 11) is 1.89. The zero-order valence-corrected chi connectivity index (χ0v) is 13.7. The van der Waals surface area contributed by atoms with E-state index in [0.29, 0.717) is 6.61 Å². The zero-order chi connectivity index (χ0) is 15.5. The molecule has 0 aliphatic heterocycles. The Labute approximate surface area is 127 Å². The van der Waals surface area contributed by atoms with Crippen molar-refractivity contribution in [3.63, 3.8) is 0 Å². The summed E-state index contributed by atoms with van der Waals surface area (Å²) in [6.07, 6.45) is 3.85. The van der Waals surface area contributed by atoms with E-state index in [1.807, 2.05) is 20.2 Å². The fourth-order valence-electron chi connectivity index (χ4n) is 2.38. The highest BCUT2D eigenvalue weighted by molar-refractivity contribution is 5.41. The summed E-state index contributed by atoms with van der Waals surface area (Å²) >= 11 is 0. The largest absolute Gasteiger partial charge is 0.494 e. The average Bonchev–Trinajstić information content (AvgIpc) is 2.82. The summed E-state index contributed by atoms with van der Waals surface area (Å²) < 4.78 is 7.50. The van der Waals surface area contributed by atoms with Crippen LogP contribution in [0.3, 0.4) is 0 Å². The predicted molar refractivity (Wildman–Crippen MR) is 84.7 cm³/mol. The highest BCUT2D eigenvalue weighted by atomic mass is 16.5. The molecule has 0 unspecified atom stereocenters. The van der Waals surface area contributed by atoms with Gasteiger partial charge in [-0.25, -0.2) is 0 Å². The van der Waals surface area contributed by atoms with Crippen LogP contribution in [0.5, 0.6) is 5.75 Å². The van der Waals surface area contributed by atoms with Crippen molar-refractivity contribution in [1.82, 2.24) is 15.0 Å². The molecule has 114 valence electrons. The Morgan fingerprint density at radius 1 is 1.19 bits per heavy atom. The maximum atomic E-state index is 5.76. The molecule has 0 aliphatic rings. The second-order valence-corrected chi connectivity index (χ2v) is 6.40. The molecule has 0 amide bonds. The molecule has 0 N–H and O–H groups in total. The van der Waals surface area contributed by atoms with E-state index in [4.69, 9.17) is 4.74 Å². The molecule has 0 aliphatic carbocycles. The smallest absolute Gasteiger partial charge is 0.123 e. The Morgan fingerprint density at radius 2 is 1.95 bits per heavy atom. The first kappa shape index (κ1) is 15.5. The number of nitrogens with zero attached hydrogens (tertiary/aromatic N) is 3. The first-order valence-electron chi connectivity index (χ1n) is 7.51. The number of rotatable bonds is 5. The third kappa shape index (κ3) is 4.06. The number of aromatic nitrogens is 3. The molecule has 0 radical (unpaired) electrons. The molecule has 0 saturated carbocycles. The third-order valence-electron chi connectivity index (χ3n) is 3.47. The molecule has 4 nitrogen and oxygen atoms in total. The van der Waals surface area contributed by atoms with Crippen LogP contribution in [-0.2, 0) is 25.3 Å². The summed E-state index contributed by atoms with van der Waals surface area (Å²) in [5.74, 6) is 0.994. The Hall–Kier alpha value is -1.84. The highest BCUT2D eigenvalue weighted by Crippen LogP contribution is 2.32. The molecule has 0 saturated heterocycles. The van der Waals surface area contributed by atoms with Crippen LogP contribution in [0.15, 0.2) is 24.4 Å². The lowest BCUT2D eigenvalue weighted by Gasteiger charge is -2.23. The Morgan fingerprint density at radius 3 is 2.52 bits per heavy atom. The van der Waals surface area contributed by atoms with Crippen LogP contribution in [0, 0.1) is 0 Å². The molecule has 2 aromatic rings.